The molecule has 96 valence electrons. The Morgan fingerprint density at radius 2 is 1.42 bits per heavy atom. The van der Waals surface area contributed by atoms with Gasteiger partial charge in [-0.3, -0.25) is 0 Å². The number of hydrogen-bond donors (Lipinski definition) is 1. The Labute approximate surface area is 119 Å². The van der Waals surface area contributed by atoms with E-state index in [1.807, 2.05) is 0 Å². The fourth-order valence-corrected chi connectivity index (χ4v) is 7.06. The van der Waals surface area contributed by atoms with Crippen LogP contribution >= 0.6 is 19.5 Å². The zero-order valence-corrected chi connectivity index (χ0v) is 12.7. The minimum atomic E-state index is -1.93. The van der Waals surface area contributed by atoms with Gasteiger partial charge in [0, 0.05) is 5.53 Å². The number of benzene rings is 2. The molecule has 4 heteroatoms. The minimum Gasteiger partial charge on any atom is -0.0703 e. The van der Waals surface area contributed by atoms with Crippen LogP contribution in [0.2, 0.25) is 0 Å². The molecule has 0 unspecified atom stereocenters. The van der Waals surface area contributed by atoms with Crippen molar-refractivity contribution in [3.63, 3.8) is 0 Å². The minimum absolute atomic E-state index is 1.10. The molecule has 2 aromatic rings. The first-order valence-corrected chi connectivity index (χ1v) is 9.45. The highest BCUT2D eigenvalue weighted by molar-refractivity contribution is 14.2. The van der Waals surface area contributed by atoms with Crippen LogP contribution in [0, 0.1) is 12.7 Å². The summed E-state index contributed by atoms with van der Waals surface area (Å²) in [6.07, 6.45) is 3.38. The molecule has 0 bridgehead atoms. The van der Waals surface area contributed by atoms with Gasteiger partial charge in [0.2, 0.25) is 24.7 Å². The first kappa shape index (κ1) is 12.5. The summed E-state index contributed by atoms with van der Waals surface area (Å²) in [4.78, 5) is 0. The maximum atomic E-state index is 7.15. The molecular formula is C15H15IN3+. The van der Waals surface area contributed by atoms with Crippen LogP contribution in [0.25, 0.3) is 3.07 Å². The highest BCUT2D eigenvalue weighted by Gasteiger charge is 2.20. The molecule has 0 spiro atoms. The maximum Gasteiger partial charge on any atom is 0.235 e. The van der Waals surface area contributed by atoms with E-state index < -0.39 is 19.5 Å². The summed E-state index contributed by atoms with van der Waals surface area (Å²) in [6.45, 7) is 0. The van der Waals surface area contributed by atoms with E-state index in [0.717, 1.165) is 12.8 Å². The van der Waals surface area contributed by atoms with Crippen LogP contribution in [-0.2, 0) is 12.8 Å². The number of rotatable bonds is 0. The number of halogens is 1. The summed E-state index contributed by atoms with van der Waals surface area (Å²) in [5, 5.41) is 3.37. The molecule has 19 heavy (non-hydrogen) atoms. The number of fused-ring (bicyclic) bond motifs is 2. The molecule has 1 heterocycles. The predicted octanol–water partition coefficient (Wildman–Crippen LogP) is 4.96. The average Bonchev–Trinajstić information content (AvgIpc) is 2.44. The van der Waals surface area contributed by atoms with E-state index in [1.54, 1.807) is 0 Å². The number of nitrogens with one attached hydrogen (secondary N) is 1. The van der Waals surface area contributed by atoms with Crippen LogP contribution in [0.4, 0.5) is 0 Å². The fourth-order valence-electron chi connectivity index (χ4n) is 2.45. The molecule has 0 aromatic heterocycles. The second-order valence-corrected chi connectivity index (χ2v) is 8.74. The Morgan fingerprint density at radius 3 is 1.95 bits per heavy atom. The van der Waals surface area contributed by atoms with Crippen molar-refractivity contribution < 1.29 is 0 Å². The maximum absolute atomic E-state index is 7.15. The monoisotopic (exact) mass is 364 g/mol. The van der Waals surface area contributed by atoms with Gasteiger partial charge in [0.25, 0.3) is 0 Å². The first-order valence-electron chi connectivity index (χ1n) is 6.33. The van der Waals surface area contributed by atoms with Crippen molar-refractivity contribution in [3.8, 4) is 0 Å². The van der Waals surface area contributed by atoms with Gasteiger partial charge in [-0.05, 0) is 42.5 Å². The Balaban J connectivity index is 2.29. The summed E-state index contributed by atoms with van der Waals surface area (Å²) >= 11 is -1.93. The van der Waals surface area contributed by atoms with E-state index in [-0.39, 0.29) is 0 Å². The third-order valence-electron chi connectivity index (χ3n) is 3.31. The second-order valence-electron chi connectivity index (χ2n) is 4.48. The fraction of sp³-hybridized carbons (Fsp3) is 0.200. The SMILES string of the molecule is N=N[N+]#I1c2ccccc2CCCc2ccccc21. The normalized spacial score (nSPS) is 14.5. The van der Waals surface area contributed by atoms with Gasteiger partial charge in [-0.1, -0.05) is 39.5 Å². The Hall–Kier alpha value is -1.52. The lowest BCUT2D eigenvalue weighted by atomic mass is 10.0. The molecule has 0 saturated heterocycles. The zero-order chi connectivity index (χ0) is 13.1. The van der Waals surface area contributed by atoms with E-state index in [9.17, 15) is 0 Å². The van der Waals surface area contributed by atoms with Crippen molar-refractivity contribution >= 4 is 19.5 Å². The van der Waals surface area contributed by atoms with Crippen LogP contribution in [-0.4, -0.2) is 0 Å². The van der Waals surface area contributed by atoms with E-state index >= 15 is 0 Å². The summed E-state index contributed by atoms with van der Waals surface area (Å²) in [6, 6.07) is 17.1. The van der Waals surface area contributed by atoms with Crippen molar-refractivity contribution in [2.75, 3.05) is 0 Å². The van der Waals surface area contributed by atoms with Crippen molar-refractivity contribution in [1.29, 1.82) is 5.53 Å². The number of aryl methyl sites for hydroxylation is 2. The summed E-state index contributed by atoms with van der Waals surface area (Å²) in [5.74, 6) is 0. The predicted molar refractivity (Wildman–Crippen MR) is 84.8 cm³/mol. The molecule has 0 radical (unpaired) electrons. The quantitative estimate of drug-likeness (QED) is 0.390. The van der Waals surface area contributed by atoms with E-state index in [1.165, 1.54) is 24.7 Å². The Morgan fingerprint density at radius 1 is 0.895 bits per heavy atom. The lowest BCUT2D eigenvalue weighted by Gasteiger charge is -2.13. The van der Waals surface area contributed by atoms with Crippen molar-refractivity contribution in [1.82, 2.24) is 0 Å². The molecule has 2 aromatic carbocycles. The highest BCUT2D eigenvalue weighted by atomic mass is 127. The molecule has 3 nitrogen and oxygen atoms in total. The molecule has 1 aliphatic heterocycles. The molecule has 1 aliphatic rings. The third-order valence-corrected chi connectivity index (χ3v) is 8.26. The molecule has 0 aliphatic carbocycles. The van der Waals surface area contributed by atoms with Gasteiger partial charge in [-0.25, -0.2) is 0 Å². The van der Waals surface area contributed by atoms with Crippen molar-refractivity contribution in [2.24, 2.45) is 5.22 Å². The molecular weight excluding hydrogens is 349 g/mol. The summed E-state index contributed by atoms with van der Waals surface area (Å²) < 4.78 is 7.00. The Kier molecular flexibility index (Phi) is 3.71. The number of nitrogens with zero attached hydrogens (tertiary/aromatic N) is 2. The molecule has 0 amide bonds. The first-order chi connectivity index (χ1) is 9.40. The largest absolute Gasteiger partial charge is 0.235 e. The van der Waals surface area contributed by atoms with Crippen LogP contribution in [0.15, 0.2) is 53.8 Å². The number of hydrogen-bond acceptors (Lipinski definition) is 2. The van der Waals surface area contributed by atoms with Crippen LogP contribution < -0.4 is 0 Å². The van der Waals surface area contributed by atoms with E-state index in [2.05, 4.69) is 56.8 Å². The lowest BCUT2D eigenvalue weighted by molar-refractivity contribution is 0.813. The van der Waals surface area contributed by atoms with Crippen LogP contribution in [0.5, 0.6) is 0 Å². The highest BCUT2D eigenvalue weighted by Crippen LogP contribution is 2.42. The van der Waals surface area contributed by atoms with Crippen LogP contribution in [0.1, 0.15) is 17.5 Å². The smallest absolute Gasteiger partial charge is 0.0703 e. The zero-order valence-electron chi connectivity index (χ0n) is 10.5. The Bertz CT molecular complexity index is 658. The van der Waals surface area contributed by atoms with Crippen molar-refractivity contribution in [3.05, 3.63) is 69.9 Å². The van der Waals surface area contributed by atoms with Gasteiger partial charge >= 0.3 is 0 Å². The van der Waals surface area contributed by atoms with Crippen molar-refractivity contribution in [2.45, 2.75) is 19.3 Å². The van der Waals surface area contributed by atoms with E-state index in [0.29, 0.717) is 0 Å². The van der Waals surface area contributed by atoms with Crippen LogP contribution in [0.3, 0.4) is 0 Å². The van der Waals surface area contributed by atoms with Gasteiger partial charge < -0.3 is 0 Å². The lowest BCUT2D eigenvalue weighted by Crippen LogP contribution is -2.01. The summed E-state index contributed by atoms with van der Waals surface area (Å²) in [7, 11) is 0. The standard InChI is InChI=1S/C15H15IN3/c17-19-18-16-14-10-3-1-6-12(14)8-5-9-13-7-2-4-11-15(13)16/h1-4,6-7,10-11,17H,5,8-9H2/q+1. The van der Waals surface area contributed by atoms with Gasteiger partial charge in [0.15, 0.2) is 0 Å². The average molecular weight is 364 g/mol. The second kappa shape index (κ2) is 5.63. The third kappa shape index (κ3) is 2.46. The molecule has 0 saturated carbocycles. The van der Waals surface area contributed by atoms with Gasteiger partial charge in [0.1, 0.15) is 0 Å². The molecule has 0 atom stereocenters. The molecule has 0 fully saturated rings. The topological polar surface area (TPSA) is 40.6 Å². The van der Waals surface area contributed by atoms with Gasteiger partial charge in [0.05, 0.1) is 7.14 Å². The molecule has 3 rings (SSSR count). The summed E-state index contributed by atoms with van der Waals surface area (Å²) in [5.41, 5.74) is 9.94. The molecule has 1 N–H and O–H groups in total. The van der Waals surface area contributed by atoms with E-state index in [4.69, 9.17) is 5.53 Å². The van der Waals surface area contributed by atoms with Gasteiger partial charge in [-0.15, -0.1) is 0 Å². The van der Waals surface area contributed by atoms with Gasteiger partial charge in [-0.2, -0.15) is 0 Å².